The molecule has 1 amide bonds. The standard InChI is InChI=1S/C23H26N8O/c1-16-13-20(27-26-16)24-22-19-9-6-10-31(19)28-23(25-22)30-12-11-29(15-17(30)2)21(32)14-18-7-4-3-5-8-18/h3-10,13,17H,11-12,14-15H2,1-2H3,(H2,24,25,26,27,28). The van der Waals surface area contributed by atoms with E-state index < -0.39 is 0 Å². The molecule has 32 heavy (non-hydrogen) atoms. The lowest BCUT2D eigenvalue weighted by Crippen LogP contribution is -2.54. The molecule has 0 bridgehead atoms. The van der Waals surface area contributed by atoms with Crippen LogP contribution in [0.4, 0.5) is 17.6 Å². The maximum atomic E-state index is 12.8. The first-order valence-electron chi connectivity index (χ1n) is 10.8. The Bertz CT molecular complexity index is 1230. The Labute approximate surface area is 186 Å². The number of H-pyrrole nitrogens is 1. The topological polar surface area (TPSA) is 94.5 Å². The van der Waals surface area contributed by atoms with Crippen molar-refractivity contribution in [3.05, 3.63) is 66.0 Å². The van der Waals surface area contributed by atoms with Crippen LogP contribution in [0.2, 0.25) is 0 Å². The van der Waals surface area contributed by atoms with Gasteiger partial charge < -0.3 is 15.1 Å². The van der Waals surface area contributed by atoms with Crippen molar-refractivity contribution in [1.82, 2.24) is 29.7 Å². The molecule has 5 rings (SSSR count). The van der Waals surface area contributed by atoms with Gasteiger partial charge in [0.2, 0.25) is 11.9 Å². The number of rotatable bonds is 5. The third kappa shape index (κ3) is 4.01. The van der Waals surface area contributed by atoms with Gasteiger partial charge in [-0.1, -0.05) is 30.3 Å². The third-order valence-electron chi connectivity index (χ3n) is 5.77. The fraction of sp³-hybridized carbons (Fsp3) is 0.304. The van der Waals surface area contributed by atoms with Crippen molar-refractivity contribution in [3.63, 3.8) is 0 Å². The minimum Gasteiger partial charge on any atom is -0.339 e. The van der Waals surface area contributed by atoms with Crippen molar-refractivity contribution in [2.75, 3.05) is 29.9 Å². The Balaban J connectivity index is 1.34. The van der Waals surface area contributed by atoms with E-state index in [-0.39, 0.29) is 11.9 Å². The first-order valence-corrected chi connectivity index (χ1v) is 10.8. The lowest BCUT2D eigenvalue weighted by atomic mass is 10.1. The number of anilines is 3. The number of piperazine rings is 1. The highest BCUT2D eigenvalue weighted by Crippen LogP contribution is 2.24. The molecule has 1 fully saturated rings. The summed E-state index contributed by atoms with van der Waals surface area (Å²) in [6.07, 6.45) is 2.34. The number of aromatic amines is 1. The van der Waals surface area contributed by atoms with Crippen LogP contribution in [0.5, 0.6) is 0 Å². The molecule has 9 nitrogen and oxygen atoms in total. The molecule has 1 aromatic carbocycles. The highest BCUT2D eigenvalue weighted by Gasteiger charge is 2.29. The largest absolute Gasteiger partial charge is 0.339 e. The van der Waals surface area contributed by atoms with Crippen LogP contribution in [0.25, 0.3) is 5.52 Å². The Hall–Kier alpha value is -3.88. The normalized spacial score (nSPS) is 16.5. The summed E-state index contributed by atoms with van der Waals surface area (Å²) in [6.45, 7) is 6.02. The Morgan fingerprint density at radius 1 is 1.19 bits per heavy atom. The van der Waals surface area contributed by atoms with E-state index >= 15 is 0 Å². The summed E-state index contributed by atoms with van der Waals surface area (Å²) < 4.78 is 1.82. The van der Waals surface area contributed by atoms with Gasteiger partial charge in [0.25, 0.3) is 0 Å². The molecule has 1 atom stereocenters. The zero-order chi connectivity index (χ0) is 22.1. The van der Waals surface area contributed by atoms with Crippen LogP contribution >= 0.6 is 0 Å². The molecule has 2 N–H and O–H groups in total. The monoisotopic (exact) mass is 430 g/mol. The third-order valence-corrected chi connectivity index (χ3v) is 5.77. The van der Waals surface area contributed by atoms with Gasteiger partial charge >= 0.3 is 0 Å². The Kier molecular flexibility index (Phi) is 5.22. The molecular weight excluding hydrogens is 404 g/mol. The Morgan fingerprint density at radius 3 is 2.78 bits per heavy atom. The Morgan fingerprint density at radius 2 is 2.03 bits per heavy atom. The predicted octanol–water partition coefficient (Wildman–Crippen LogP) is 2.78. The number of aryl methyl sites for hydroxylation is 1. The number of fused-ring (bicyclic) bond motifs is 1. The molecule has 4 aromatic rings. The number of hydrogen-bond acceptors (Lipinski definition) is 6. The second-order valence-electron chi connectivity index (χ2n) is 8.20. The first kappa shape index (κ1) is 20.0. The zero-order valence-electron chi connectivity index (χ0n) is 18.2. The number of carbonyl (C=O) groups excluding carboxylic acids is 1. The smallest absolute Gasteiger partial charge is 0.245 e. The quantitative estimate of drug-likeness (QED) is 0.506. The van der Waals surface area contributed by atoms with Gasteiger partial charge in [0, 0.05) is 43.6 Å². The number of benzene rings is 1. The summed E-state index contributed by atoms with van der Waals surface area (Å²) in [6, 6.07) is 15.8. The number of nitrogens with zero attached hydrogens (tertiary/aromatic N) is 6. The molecular formula is C23H26N8O. The van der Waals surface area contributed by atoms with E-state index in [1.165, 1.54) is 0 Å². The molecule has 164 valence electrons. The molecule has 1 aliphatic heterocycles. The van der Waals surface area contributed by atoms with Crippen molar-refractivity contribution < 1.29 is 4.79 Å². The zero-order valence-corrected chi connectivity index (χ0v) is 18.2. The maximum absolute atomic E-state index is 12.8. The van der Waals surface area contributed by atoms with Crippen molar-refractivity contribution in [2.24, 2.45) is 0 Å². The molecule has 1 saturated heterocycles. The molecule has 0 spiro atoms. The lowest BCUT2D eigenvalue weighted by molar-refractivity contribution is -0.131. The van der Waals surface area contributed by atoms with Crippen molar-refractivity contribution in [1.29, 1.82) is 0 Å². The second-order valence-corrected chi connectivity index (χ2v) is 8.20. The first-order chi connectivity index (χ1) is 15.6. The summed E-state index contributed by atoms with van der Waals surface area (Å²) >= 11 is 0. The van der Waals surface area contributed by atoms with Crippen LogP contribution in [0.3, 0.4) is 0 Å². The van der Waals surface area contributed by atoms with Gasteiger partial charge in [-0.15, -0.1) is 5.10 Å². The van der Waals surface area contributed by atoms with Crippen LogP contribution < -0.4 is 10.2 Å². The number of amides is 1. The summed E-state index contributed by atoms with van der Waals surface area (Å²) in [5.74, 6) is 2.19. The number of carbonyl (C=O) groups is 1. The average Bonchev–Trinajstić information content (AvgIpc) is 3.43. The molecule has 9 heteroatoms. The van der Waals surface area contributed by atoms with Crippen molar-refractivity contribution >= 4 is 29.0 Å². The number of aromatic nitrogens is 5. The van der Waals surface area contributed by atoms with E-state index in [4.69, 9.17) is 10.1 Å². The lowest BCUT2D eigenvalue weighted by Gasteiger charge is -2.40. The number of nitrogens with one attached hydrogen (secondary N) is 2. The van der Waals surface area contributed by atoms with E-state index in [0.29, 0.717) is 43.6 Å². The van der Waals surface area contributed by atoms with E-state index in [1.807, 2.05) is 71.1 Å². The van der Waals surface area contributed by atoms with E-state index in [0.717, 1.165) is 16.8 Å². The molecule has 3 aromatic heterocycles. The van der Waals surface area contributed by atoms with Gasteiger partial charge in [-0.25, -0.2) is 4.52 Å². The second kappa shape index (κ2) is 8.33. The van der Waals surface area contributed by atoms with Crippen LogP contribution in [-0.4, -0.2) is 61.3 Å². The summed E-state index contributed by atoms with van der Waals surface area (Å²) in [5, 5.41) is 15.2. The van der Waals surface area contributed by atoms with E-state index in [1.54, 1.807) is 0 Å². The van der Waals surface area contributed by atoms with Crippen molar-refractivity contribution in [3.8, 4) is 0 Å². The molecule has 4 heterocycles. The van der Waals surface area contributed by atoms with Gasteiger partial charge in [0.15, 0.2) is 11.6 Å². The van der Waals surface area contributed by atoms with Gasteiger partial charge in [0.1, 0.15) is 5.52 Å². The van der Waals surface area contributed by atoms with Gasteiger partial charge in [-0.3, -0.25) is 9.89 Å². The summed E-state index contributed by atoms with van der Waals surface area (Å²) in [7, 11) is 0. The fourth-order valence-corrected chi connectivity index (χ4v) is 4.10. The maximum Gasteiger partial charge on any atom is 0.245 e. The summed E-state index contributed by atoms with van der Waals surface area (Å²) in [4.78, 5) is 21.7. The van der Waals surface area contributed by atoms with Crippen LogP contribution in [0.1, 0.15) is 18.2 Å². The molecule has 1 unspecified atom stereocenters. The fourth-order valence-electron chi connectivity index (χ4n) is 4.10. The van der Waals surface area contributed by atoms with E-state index in [2.05, 4.69) is 27.3 Å². The molecule has 0 radical (unpaired) electrons. The number of hydrogen-bond donors (Lipinski definition) is 2. The van der Waals surface area contributed by atoms with Gasteiger partial charge in [0.05, 0.1) is 6.42 Å². The molecule has 1 aliphatic rings. The minimum atomic E-state index is 0.0944. The van der Waals surface area contributed by atoms with Gasteiger partial charge in [-0.05, 0) is 31.5 Å². The SMILES string of the molecule is Cc1cc(Nc2nc(N3CCN(C(=O)Cc4ccccc4)CC3C)nn3cccc23)n[nH]1. The summed E-state index contributed by atoms with van der Waals surface area (Å²) in [5.41, 5.74) is 2.88. The molecule has 0 saturated carbocycles. The van der Waals surface area contributed by atoms with E-state index in [9.17, 15) is 4.79 Å². The minimum absolute atomic E-state index is 0.0944. The van der Waals surface area contributed by atoms with Crippen LogP contribution in [0, 0.1) is 6.92 Å². The average molecular weight is 431 g/mol. The highest BCUT2D eigenvalue weighted by molar-refractivity contribution is 5.79. The predicted molar refractivity (Wildman–Crippen MR) is 123 cm³/mol. The van der Waals surface area contributed by atoms with Crippen molar-refractivity contribution in [2.45, 2.75) is 26.3 Å². The van der Waals surface area contributed by atoms with Crippen LogP contribution in [0.15, 0.2) is 54.7 Å². The van der Waals surface area contributed by atoms with Gasteiger partial charge in [-0.2, -0.15) is 10.1 Å². The molecule has 0 aliphatic carbocycles. The van der Waals surface area contributed by atoms with Crippen LogP contribution in [-0.2, 0) is 11.2 Å². The highest BCUT2D eigenvalue weighted by atomic mass is 16.2.